The highest BCUT2D eigenvalue weighted by Gasteiger charge is 2.73. The third kappa shape index (κ3) is 6.37. The summed E-state index contributed by atoms with van der Waals surface area (Å²) in [5.41, 5.74) is -1.07. The van der Waals surface area contributed by atoms with Crippen LogP contribution in [0.25, 0.3) is 0 Å². The number of ether oxygens (including phenoxy) is 3. The number of hydrogen-bond acceptors (Lipinski definition) is 10. The van der Waals surface area contributed by atoms with Gasteiger partial charge in [-0.15, -0.1) is 0 Å². The van der Waals surface area contributed by atoms with Crippen molar-refractivity contribution in [2.24, 2.45) is 44.8 Å². The van der Waals surface area contributed by atoms with E-state index in [4.69, 9.17) is 26.8 Å². The molecule has 302 valence electrons. The van der Waals surface area contributed by atoms with Crippen molar-refractivity contribution in [3.8, 4) is 0 Å². The fraction of sp³-hybridized carbons (Fsp3) is 0.750. The molecule has 0 aromatic rings. The van der Waals surface area contributed by atoms with Crippen molar-refractivity contribution < 1.29 is 43.9 Å². The monoisotopic (exact) mass is 770 g/mol. The van der Waals surface area contributed by atoms with E-state index in [0.717, 1.165) is 24.8 Å². The third-order valence-corrected chi connectivity index (χ3v) is 16.7. The largest absolute Gasteiger partial charge is 0.462 e. The molecular weight excluding hydrogens is 705 g/mol. The molecule has 54 heavy (non-hydrogen) atoms. The van der Waals surface area contributed by atoms with Crippen LogP contribution in [0.1, 0.15) is 121 Å². The maximum atomic E-state index is 13.2. The summed E-state index contributed by atoms with van der Waals surface area (Å²) in [6.45, 7) is 20.9. The Morgan fingerprint density at radius 1 is 0.778 bits per heavy atom. The summed E-state index contributed by atoms with van der Waals surface area (Å²) < 4.78 is 17.4. The highest BCUT2D eigenvalue weighted by molar-refractivity contribution is 7.81. The molecule has 5 aliphatic carbocycles. The zero-order valence-electron chi connectivity index (χ0n) is 34.5. The van der Waals surface area contributed by atoms with Crippen molar-refractivity contribution in [3.05, 3.63) is 46.6 Å². The van der Waals surface area contributed by atoms with Crippen LogP contribution in [0.3, 0.4) is 0 Å². The molecule has 3 unspecified atom stereocenters. The van der Waals surface area contributed by atoms with E-state index >= 15 is 0 Å². The summed E-state index contributed by atoms with van der Waals surface area (Å²) in [5, 5.41) is 36.8. The van der Waals surface area contributed by atoms with E-state index in [0.29, 0.717) is 36.0 Å². The molecule has 3 N–H and O–H groups in total. The summed E-state index contributed by atoms with van der Waals surface area (Å²) >= 11 is 5.73. The molecule has 0 bridgehead atoms. The molecule has 12 atom stereocenters. The molecule has 4 saturated carbocycles. The highest BCUT2D eigenvalue weighted by atomic mass is 32.1. The minimum atomic E-state index is -1.35. The van der Waals surface area contributed by atoms with Gasteiger partial charge in [0.25, 0.3) is 0 Å². The predicted octanol–water partition coefficient (Wildman–Crippen LogP) is 7.24. The topological polar surface area (TPSA) is 140 Å². The van der Waals surface area contributed by atoms with Crippen LogP contribution in [0.5, 0.6) is 0 Å². The normalized spacial score (nSPS) is 43.4. The number of rotatable bonds is 8. The zero-order valence-corrected chi connectivity index (χ0v) is 35.3. The van der Waals surface area contributed by atoms with E-state index in [9.17, 15) is 29.7 Å². The first-order chi connectivity index (χ1) is 25.0. The van der Waals surface area contributed by atoms with Crippen LogP contribution in [0.4, 0.5) is 0 Å². The summed E-state index contributed by atoms with van der Waals surface area (Å²) in [7, 11) is 0. The van der Waals surface area contributed by atoms with E-state index in [-0.39, 0.29) is 42.9 Å². The number of hydrogen-bond donors (Lipinski definition) is 4. The molecule has 0 aliphatic heterocycles. The molecule has 0 saturated heterocycles. The maximum absolute atomic E-state index is 13.2. The minimum absolute atomic E-state index is 0.0599. The number of carbonyl (C=O) groups is 3. The third-order valence-electron chi connectivity index (χ3n) is 15.7. The summed E-state index contributed by atoms with van der Waals surface area (Å²) in [6.07, 6.45) is 7.64. The first kappa shape index (κ1) is 42.7. The average Bonchev–Trinajstić information content (AvgIpc) is 3.12. The van der Waals surface area contributed by atoms with Crippen molar-refractivity contribution in [1.29, 1.82) is 0 Å². The van der Waals surface area contributed by atoms with Crippen molar-refractivity contribution in [3.63, 3.8) is 0 Å². The molecule has 0 aromatic heterocycles. The van der Waals surface area contributed by atoms with Crippen LogP contribution in [0.15, 0.2) is 46.6 Å². The number of aliphatic hydroxyl groups excluding tert-OH is 3. The van der Waals surface area contributed by atoms with Gasteiger partial charge in [0.1, 0.15) is 18.8 Å². The minimum Gasteiger partial charge on any atom is -0.462 e. The lowest BCUT2D eigenvalue weighted by atomic mass is 9.36. The van der Waals surface area contributed by atoms with Crippen LogP contribution < -0.4 is 0 Å². The molecule has 0 heterocycles. The SMILES string of the molecule is C/C=C(\C)C(=O)OC[C@@]12C(CC(C)(C)[C@@H](OC(=O)/C(C)=C/C)[C@@H]1O)C1=CCC3[C@@]4(C)CC[C@H](O)[C@](C)(COC(=O)/C(C)=C/C)C4CC[C@@]3(S)[C@]1(C)C[C@H]2O. The molecule has 0 amide bonds. The van der Waals surface area contributed by atoms with Gasteiger partial charge in [-0.1, -0.05) is 64.5 Å². The Balaban J connectivity index is 1.58. The fourth-order valence-electron chi connectivity index (χ4n) is 11.8. The Morgan fingerprint density at radius 2 is 1.33 bits per heavy atom. The number of thiol groups is 1. The van der Waals surface area contributed by atoms with Crippen molar-refractivity contribution in [2.45, 2.75) is 150 Å². The molecule has 0 radical (unpaired) electrons. The van der Waals surface area contributed by atoms with Gasteiger partial charge in [-0.2, -0.15) is 12.6 Å². The van der Waals surface area contributed by atoms with Gasteiger partial charge in [-0.05, 0) is 110 Å². The molecule has 5 aliphatic rings. The second-order valence-corrected chi connectivity index (χ2v) is 19.6. The molecular formula is C44H66O9S. The number of aliphatic hydroxyl groups is 3. The first-order valence-electron chi connectivity index (χ1n) is 20.0. The standard InChI is InChI=1S/C44H66O9S/c1-12-25(4)36(48)51-23-41(10)30-17-20-44(54)31(40(30,9)19-18-32(41)45)16-15-28-29-21-39(7,8)35(53-38(50)27(6)14-3)34(47)43(29,33(46)22-42(28,44)11)24-52-37(49)26(5)13-2/h12-15,29-35,45-47,54H,16-24H2,1-11H3/b25-12+,26-13+,27-14+/t29?,30?,31?,32-,33+,34-,35-,40-,41+,42+,43-,44-/m0/s1. The van der Waals surface area contributed by atoms with Gasteiger partial charge in [0.15, 0.2) is 0 Å². The van der Waals surface area contributed by atoms with Crippen LogP contribution in [-0.2, 0) is 28.6 Å². The van der Waals surface area contributed by atoms with E-state index < -0.39 is 68.7 Å². The first-order valence-corrected chi connectivity index (χ1v) is 20.4. The number of allylic oxidation sites excluding steroid dienone is 5. The van der Waals surface area contributed by atoms with E-state index in [1.54, 1.807) is 59.8 Å². The summed E-state index contributed by atoms with van der Waals surface area (Å²) in [6, 6.07) is 0. The van der Waals surface area contributed by atoms with Crippen molar-refractivity contribution in [1.82, 2.24) is 0 Å². The Bertz CT molecular complexity index is 1640. The number of esters is 3. The molecule has 10 heteroatoms. The second-order valence-electron chi connectivity index (χ2n) is 18.8. The Hall–Kier alpha value is -2.40. The molecule has 0 aromatic carbocycles. The predicted molar refractivity (Wildman–Crippen MR) is 211 cm³/mol. The Kier molecular flexibility index (Phi) is 11.7. The molecule has 0 spiro atoms. The van der Waals surface area contributed by atoms with Crippen LogP contribution >= 0.6 is 12.6 Å². The average molecular weight is 771 g/mol. The van der Waals surface area contributed by atoms with Crippen LogP contribution in [0.2, 0.25) is 0 Å². The van der Waals surface area contributed by atoms with Gasteiger partial charge in [0.2, 0.25) is 0 Å². The van der Waals surface area contributed by atoms with Gasteiger partial charge in [-0.25, -0.2) is 14.4 Å². The molecule has 9 nitrogen and oxygen atoms in total. The van der Waals surface area contributed by atoms with Gasteiger partial charge in [-0.3, -0.25) is 0 Å². The van der Waals surface area contributed by atoms with Crippen LogP contribution in [-0.4, -0.2) is 75.6 Å². The summed E-state index contributed by atoms with van der Waals surface area (Å²) in [5.74, 6) is -1.69. The van der Waals surface area contributed by atoms with Gasteiger partial charge in [0.05, 0.1) is 24.2 Å². The molecule has 4 fully saturated rings. The lowest BCUT2D eigenvalue weighted by Crippen LogP contribution is -2.73. The van der Waals surface area contributed by atoms with Gasteiger partial charge in [0, 0.05) is 37.7 Å². The lowest BCUT2D eigenvalue weighted by Gasteiger charge is -2.72. The Labute approximate surface area is 328 Å². The number of fused-ring (bicyclic) bond motifs is 7. The van der Waals surface area contributed by atoms with Crippen LogP contribution in [0, 0.1) is 44.8 Å². The molecule has 5 rings (SSSR count). The van der Waals surface area contributed by atoms with E-state index in [1.807, 2.05) is 13.8 Å². The highest BCUT2D eigenvalue weighted by Crippen LogP contribution is 2.74. The van der Waals surface area contributed by atoms with E-state index in [2.05, 4.69) is 26.8 Å². The fourth-order valence-corrected chi connectivity index (χ4v) is 12.6. The maximum Gasteiger partial charge on any atom is 0.333 e. The zero-order chi connectivity index (χ0) is 40.4. The van der Waals surface area contributed by atoms with Gasteiger partial charge >= 0.3 is 17.9 Å². The van der Waals surface area contributed by atoms with Crippen molar-refractivity contribution >= 4 is 30.5 Å². The van der Waals surface area contributed by atoms with E-state index in [1.165, 1.54) is 0 Å². The van der Waals surface area contributed by atoms with Crippen molar-refractivity contribution in [2.75, 3.05) is 13.2 Å². The quantitative estimate of drug-likeness (QED) is 0.0662. The second kappa shape index (κ2) is 14.8. The smallest absolute Gasteiger partial charge is 0.333 e. The Morgan fingerprint density at radius 3 is 1.91 bits per heavy atom. The summed E-state index contributed by atoms with van der Waals surface area (Å²) in [4.78, 5) is 39.1. The van der Waals surface area contributed by atoms with Gasteiger partial charge < -0.3 is 29.5 Å². The number of carbonyl (C=O) groups excluding carboxylic acids is 3. The lowest BCUT2D eigenvalue weighted by molar-refractivity contribution is -0.251.